The van der Waals surface area contributed by atoms with Gasteiger partial charge in [-0.15, -0.1) is 0 Å². The van der Waals surface area contributed by atoms with Gasteiger partial charge in [-0.25, -0.2) is 0 Å². The van der Waals surface area contributed by atoms with Crippen LogP contribution in [0.3, 0.4) is 0 Å². The van der Waals surface area contributed by atoms with Crippen molar-refractivity contribution in [1.82, 2.24) is 21.2 Å². The van der Waals surface area contributed by atoms with Crippen molar-refractivity contribution < 1.29 is 14.3 Å². The van der Waals surface area contributed by atoms with Gasteiger partial charge in [0.05, 0.1) is 6.61 Å². The molecule has 1 aromatic carbocycles. The molecule has 0 aliphatic carbocycles. The number of pyridine rings is 1. The lowest BCUT2D eigenvalue weighted by molar-refractivity contribution is 0.0934. The summed E-state index contributed by atoms with van der Waals surface area (Å²) in [7, 11) is 0. The summed E-state index contributed by atoms with van der Waals surface area (Å²) in [6.45, 7) is 2.43. The van der Waals surface area contributed by atoms with E-state index in [0.29, 0.717) is 23.5 Å². The first-order valence-electron chi connectivity index (χ1n) is 7.14. The number of rotatable bonds is 4. The van der Waals surface area contributed by atoms with Crippen LogP contribution < -0.4 is 20.9 Å². The summed E-state index contributed by atoms with van der Waals surface area (Å²) in [4.78, 5) is 27.7. The largest absolute Gasteiger partial charge is 0.494 e. The molecule has 0 bridgehead atoms. The van der Waals surface area contributed by atoms with E-state index in [-0.39, 0.29) is 5.11 Å². The van der Waals surface area contributed by atoms with E-state index >= 15 is 0 Å². The SMILES string of the molecule is CCOc1ccc(C(=O)NC(=S)NNC(=O)c2ccncc2)cc1. The van der Waals surface area contributed by atoms with Crippen molar-refractivity contribution >= 4 is 29.1 Å². The Balaban J connectivity index is 1.83. The summed E-state index contributed by atoms with van der Waals surface area (Å²) in [5.41, 5.74) is 5.69. The fourth-order valence-corrected chi connectivity index (χ4v) is 1.91. The highest BCUT2D eigenvalue weighted by Crippen LogP contribution is 2.11. The molecule has 24 heavy (non-hydrogen) atoms. The number of benzene rings is 1. The van der Waals surface area contributed by atoms with Crippen LogP contribution in [-0.2, 0) is 0 Å². The molecule has 2 amide bonds. The van der Waals surface area contributed by atoms with Gasteiger partial charge in [-0.2, -0.15) is 0 Å². The second kappa shape index (κ2) is 8.59. The Morgan fingerprint density at radius 1 is 1.00 bits per heavy atom. The number of hydrogen-bond acceptors (Lipinski definition) is 5. The third-order valence-corrected chi connectivity index (χ3v) is 3.09. The molecule has 0 aliphatic heterocycles. The lowest BCUT2D eigenvalue weighted by Gasteiger charge is -2.11. The predicted octanol–water partition coefficient (Wildman–Crippen LogP) is 1.43. The first-order chi connectivity index (χ1) is 11.6. The van der Waals surface area contributed by atoms with Gasteiger partial charge in [0.1, 0.15) is 5.75 Å². The van der Waals surface area contributed by atoms with Crippen molar-refractivity contribution in [3.8, 4) is 5.75 Å². The number of nitrogens with zero attached hydrogens (tertiary/aromatic N) is 1. The van der Waals surface area contributed by atoms with Crippen molar-refractivity contribution in [1.29, 1.82) is 0 Å². The second-order valence-electron chi connectivity index (χ2n) is 4.56. The Bertz CT molecular complexity index is 720. The molecule has 1 aromatic heterocycles. The fourth-order valence-electron chi connectivity index (χ4n) is 1.76. The lowest BCUT2D eigenvalue weighted by Crippen LogP contribution is -2.48. The smallest absolute Gasteiger partial charge is 0.269 e. The number of hydrazine groups is 1. The van der Waals surface area contributed by atoms with Gasteiger partial charge in [0.25, 0.3) is 11.8 Å². The average Bonchev–Trinajstić information content (AvgIpc) is 2.61. The summed E-state index contributed by atoms with van der Waals surface area (Å²) in [6.07, 6.45) is 3.00. The molecule has 2 aromatic rings. The lowest BCUT2D eigenvalue weighted by atomic mass is 10.2. The quantitative estimate of drug-likeness (QED) is 0.574. The minimum Gasteiger partial charge on any atom is -0.494 e. The molecule has 124 valence electrons. The van der Waals surface area contributed by atoms with Crippen LogP contribution >= 0.6 is 12.2 Å². The normalized spacial score (nSPS) is 9.71. The van der Waals surface area contributed by atoms with Gasteiger partial charge in [-0.05, 0) is 55.5 Å². The zero-order valence-corrected chi connectivity index (χ0v) is 13.7. The van der Waals surface area contributed by atoms with E-state index in [4.69, 9.17) is 17.0 Å². The van der Waals surface area contributed by atoms with Gasteiger partial charge >= 0.3 is 0 Å². The molecule has 0 spiro atoms. The van der Waals surface area contributed by atoms with Crippen LogP contribution in [0.15, 0.2) is 48.8 Å². The van der Waals surface area contributed by atoms with E-state index in [1.807, 2.05) is 6.92 Å². The molecule has 0 radical (unpaired) electrons. The Labute approximate surface area is 144 Å². The summed E-state index contributed by atoms with van der Waals surface area (Å²) in [5, 5.41) is 2.45. The van der Waals surface area contributed by atoms with Crippen molar-refractivity contribution in [2.24, 2.45) is 0 Å². The maximum Gasteiger partial charge on any atom is 0.269 e. The highest BCUT2D eigenvalue weighted by atomic mass is 32.1. The van der Waals surface area contributed by atoms with E-state index < -0.39 is 11.8 Å². The Morgan fingerprint density at radius 3 is 2.25 bits per heavy atom. The second-order valence-corrected chi connectivity index (χ2v) is 4.96. The first kappa shape index (κ1) is 17.4. The summed E-state index contributed by atoms with van der Waals surface area (Å²) in [6, 6.07) is 9.74. The maximum atomic E-state index is 12.0. The number of hydrogen-bond donors (Lipinski definition) is 3. The van der Waals surface area contributed by atoms with Crippen LogP contribution in [0.25, 0.3) is 0 Å². The van der Waals surface area contributed by atoms with Crippen LogP contribution in [0.1, 0.15) is 27.6 Å². The number of aromatic nitrogens is 1. The third kappa shape index (κ3) is 5.03. The molecule has 0 atom stereocenters. The molecule has 0 saturated heterocycles. The monoisotopic (exact) mass is 344 g/mol. The molecule has 3 N–H and O–H groups in total. The van der Waals surface area contributed by atoms with E-state index in [1.54, 1.807) is 36.4 Å². The fraction of sp³-hybridized carbons (Fsp3) is 0.125. The molecule has 2 rings (SSSR count). The zero-order valence-electron chi connectivity index (χ0n) is 12.9. The van der Waals surface area contributed by atoms with E-state index in [0.717, 1.165) is 0 Å². The van der Waals surface area contributed by atoms with Crippen LogP contribution in [0.4, 0.5) is 0 Å². The standard InChI is InChI=1S/C16H16N4O3S/c1-2-23-13-5-3-11(4-6-13)14(21)18-16(24)20-19-15(22)12-7-9-17-10-8-12/h3-10H,2H2,1H3,(H,19,22)(H2,18,20,21,24). The average molecular weight is 344 g/mol. The molecule has 0 aliphatic rings. The summed E-state index contributed by atoms with van der Waals surface area (Å²) in [5.74, 6) is -0.108. The number of thiocarbonyl (C=S) groups is 1. The molecule has 0 saturated carbocycles. The van der Waals surface area contributed by atoms with Crippen molar-refractivity contribution in [2.45, 2.75) is 6.92 Å². The topological polar surface area (TPSA) is 92.4 Å². The Kier molecular flexibility index (Phi) is 6.21. The van der Waals surface area contributed by atoms with Crippen molar-refractivity contribution in [3.05, 3.63) is 59.9 Å². The molecule has 8 heteroatoms. The third-order valence-electron chi connectivity index (χ3n) is 2.89. The molecule has 7 nitrogen and oxygen atoms in total. The highest BCUT2D eigenvalue weighted by molar-refractivity contribution is 7.80. The van der Waals surface area contributed by atoms with Gasteiger partial charge in [0.15, 0.2) is 5.11 Å². The Hall–Kier alpha value is -3.00. The molecule has 1 heterocycles. The van der Waals surface area contributed by atoms with Gasteiger partial charge in [0.2, 0.25) is 0 Å². The van der Waals surface area contributed by atoms with E-state index in [1.165, 1.54) is 12.4 Å². The number of amides is 2. The van der Waals surface area contributed by atoms with Gasteiger partial charge in [-0.3, -0.25) is 30.7 Å². The summed E-state index contributed by atoms with van der Waals surface area (Å²) >= 11 is 4.97. The van der Waals surface area contributed by atoms with E-state index in [9.17, 15) is 9.59 Å². The number of carbonyl (C=O) groups is 2. The van der Waals surface area contributed by atoms with Crippen molar-refractivity contribution in [2.75, 3.05) is 6.61 Å². The molecule has 0 unspecified atom stereocenters. The molecule has 0 fully saturated rings. The number of ether oxygens (including phenoxy) is 1. The number of carbonyl (C=O) groups excluding carboxylic acids is 2. The predicted molar refractivity (Wildman–Crippen MR) is 92.5 cm³/mol. The van der Waals surface area contributed by atoms with Crippen LogP contribution in [-0.4, -0.2) is 28.5 Å². The van der Waals surface area contributed by atoms with Crippen molar-refractivity contribution in [3.63, 3.8) is 0 Å². The number of nitrogens with one attached hydrogen (secondary N) is 3. The molecular formula is C16H16N4O3S. The Morgan fingerprint density at radius 2 is 1.62 bits per heavy atom. The summed E-state index contributed by atoms with van der Waals surface area (Å²) < 4.78 is 5.31. The first-order valence-corrected chi connectivity index (χ1v) is 7.55. The van der Waals surface area contributed by atoms with Crippen LogP contribution in [0, 0.1) is 0 Å². The highest BCUT2D eigenvalue weighted by Gasteiger charge is 2.09. The van der Waals surface area contributed by atoms with E-state index in [2.05, 4.69) is 21.2 Å². The van der Waals surface area contributed by atoms with Crippen LogP contribution in [0.2, 0.25) is 0 Å². The van der Waals surface area contributed by atoms with Gasteiger partial charge in [-0.1, -0.05) is 0 Å². The minimum atomic E-state index is -0.395. The maximum absolute atomic E-state index is 12.0. The minimum absolute atomic E-state index is 0.0173. The van der Waals surface area contributed by atoms with Crippen LogP contribution in [0.5, 0.6) is 5.75 Å². The van der Waals surface area contributed by atoms with Gasteiger partial charge in [0, 0.05) is 23.5 Å². The van der Waals surface area contributed by atoms with Gasteiger partial charge < -0.3 is 4.74 Å². The zero-order chi connectivity index (χ0) is 17.4. The molecular weight excluding hydrogens is 328 g/mol.